The van der Waals surface area contributed by atoms with Crippen LogP contribution in [0.2, 0.25) is 0 Å². The minimum Gasteiger partial charge on any atom is -0.467 e. The number of rotatable bonds is 8. The summed E-state index contributed by atoms with van der Waals surface area (Å²) in [6.07, 6.45) is 9.27. The highest BCUT2D eigenvalue weighted by Gasteiger charge is 2.39. The van der Waals surface area contributed by atoms with Gasteiger partial charge in [0.25, 0.3) is 5.91 Å². The molecule has 1 saturated heterocycles. The molecular weight excluding hydrogens is 426 g/mol. The highest BCUT2D eigenvalue weighted by molar-refractivity contribution is 6.35. The Hall–Kier alpha value is -3.07. The second kappa shape index (κ2) is 11.2. The van der Waals surface area contributed by atoms with E-state index < -0.39 is 23.8 Å². The summed E-state index contributed by atoms with van der Waals surface area (Å²) in [5, 5.41) is 5.66. The molecule has 1 aliphatic carbocycles. The van der Waals surface area contributed by atoms with Gasteiger partial charge in [-0.25, -0.2) is 0 Å². The summed E-state index contributed by atoms with van der Waals surface area (Å²) >= 11 is 0. The van der Waals surface area contributed by atoms with E-state index in [9.17, 15) is 14.4 Å². The van der Waals surface area contributed by atoms with E-state index in [1.165, 1.54) is 17.4 Å². The van der Waals surface area contributed by atoms with Crippen molar-refractivity contribution in [2.75, 3.05) is 13.2 Å². The van der Waals surface area contributed by atoms with Gasteiger partial charge in [0.05, 0.1) is 25.2 Å². The lowest BCUT2D eigenvalue weighted by Crippen LogP contribution is -2.52. The molecule has 2 atom stereocenters. The van der Waals surface area contributed by atoms with Crippen LogP contribution >= 0.6 is 0 Å². The Balaban J connectivity index is 1.54. The number of carbonyl (C=O) groups is 3. The quantitative estimate of drug-likeness (QED) is 0.589. The van der Waals surface area contributed by atoms with E-state index in [-0.39, 0.29) is 31.0 Å². The predicted octanol–water partition coefficient (Wildman–Crippen LogP) is 2.69. The van der Waals surface area contributed by atoms with Gasteiger partial charge in [-0.05, 0) is 49.9 Å². The molecule has 2 fully saturated rings. The smallest absolute Gasteiger partial charge is 0.313 e. The number of furan rings is 2. The highest BCUT2D eigenvalue weighted by Crippen LogP contribution is 2.26. The van der Waals surface area contributed by atoms with Gasteiger partial charge >= 0.3 is 11.8 Å². The average molecular weight is 458 g/mol. The Labute approximate surface area is 192 Å². The number of hydrogen-bond donors (Lipinski definition) is 2. The van der Waals surface area contributed by atoms with Crippen molar-refractivity contribution in [2.45, 2.75) is 69.7 Å². The summed E-state index contributed by atoms with van der Waals surface area (Å²) < 4.78 is 16.5. The van der Waals surface area contributed by atoms with Crippen LogP contribution in [-0.4, -0.2) is 47.9 Å². The van der Waals surface area contributed by atoms with Gasteiger partial charge in [-0.15, -0.1) is 0 Å². The van der Waals surface area contributed by atoms with Gasteiger partial charge in [-0.2, -0.15) is 0 Å². The van der Waals surface area contributed by atoms with Gasteiger partial charge in [-0.1, -0.05) is 19.3 Å². The molecule has 178 valence electrons. The molecule has 1 saturated carbocycles. The van der Waals surface area contributed by atoms with Crippen LogP contribution in [0.3, 0.4) is 0 Å². The lowest BCUT2D eigenvalue weighted by Gasteiger charge is -2.32. The topological polar surface area (TPSA) is 114 Å². The zero-order valence-electron chi connectivity index (χ0n) is 18.7. The molecule has 2 aromatic rings. The summed E-state index contributed by atoms with van der Waals surface area (Å²) in [5.74, 6) is -1.06. The molecule has 3 heterocycles. The van der Waals surface area contributed by atoms with E-state index in [2.05, 4.69) is 10.6 Å². The van der Waals surface area contributed by atoms with Crippen LogP contribution in [0.15, 0.2) is 45.6 Å². The van der Waals surface area contributed by atoms with Crippen LogP contribution < -0.4 is 10.6 Å². The molecule has 33 heavy (non-hydrogen) atoms. The van der Waals surface area contributed by atoms with Crippen LogP contribution in [0, 0.1) is 0 Å². The predicted molar refractivity (Wildman–Crippen MR) is 118 cm³/mol. The van der Waals surface area contributed by atoms with Crippen molar-refractivity contribution >= 4 is 17.7 Å². The third-order valence-electron chi connectivity index (χ3n) is 6.21. The standard InChI is InChI=1S/C24H31N3O6/c28-22(25-15-18-9-4-12-31-18)21(20-11-6-14-33-20)27(16-19-10-5-13-32-19)24(30)23(29)26-17-7-2-1-3-8-17/h4,6,9,11-12,14,17,19,21H,1-3,5,7-8,10,13,15-16H2,(H,25,28)(H,26,29)/t19-,21-/m0/s1. The minimum atomic E-state index is -1.11. The van der Waals surface area contributed by atoms with Crippen molar-refractivity contribution in [3.8, 4) is 0 Å². The fourth-order valence-corrected chi connectivity index (χ4v) is 4.49. The maximum atomic E-state index is 13.4. The second-order valence-electron chi connectivity index (χ2n) is 8.62. The first-order valence-electron chi connectivity index (χ1n) is 11.7. The minimum absolute atomic E-state index is 0.0189. The van der Waals surface area contributed by atoms with Crippen LogP contribution in [0.5, 0.6) is 0 Å². The molecule has 1 aliphatic heterocycles. The SMILES string of the molecule is O=C(NC1CCCCC1)C(=O)N(C[C@@H]1CCCO1)[C@H](C(=O)NCc1ccco1)c1ccco1. The van der Waals surface area contributed by atoms with Crippen molar-refractivity contribution in [3.63, 3.8) is 0 Å². The number of amides is 3. The third-order valence-corrected chi connectivity index (χ3v) is 6.21. The van der Waals surface area contributed by atoms with Gasteiger partial charge in [0.1, 0.15) is 11.5 Å². The number of ether oxygens (including phenoxy) is 1. The van der Waals surface area contributed by atoms with E-state index in [0.29, 0.717) is 12.4 Å². The second-order valence-corrected chi connectivity index (χ2v) is 8.62. The molecule has 2 aromatic heterocycles. The molecular formula is C24H31N3O6. The largest absolute Gasteiger partial charge is 0.467 e. The first kappa shape index (κ1) is 23.1. The summed E-state index contributed by atoms with van der Waals surface area (Å²) in [7, 11) is 0. The summed E-state index contributed by atoms with van der Waals surface area (Å²) in [6.45, 7) is 0.868. The van der Waals surface area contributed by atoms with Crippen LogP contribution in [0.4, 0.5) is 0 Å². The number of nitrogens with one attached hydrogen (secondary N) is 2. The Bertz CT molecular complexity index is 899. The zero-order chi connectivity index (χ0) is 23.0. The van der Waals surface area contributed by atoms with Crippen molar-refractivity contribution in [2.24, 2.45) is 0 Å². The Morgan fingerprint density at radius 1 is 1.00 bits per heavy atom. The van der Waals surface area contributed by atoms with E-state index >= 15 is 0 Å². The molecule has 0 radical (unpaired) electrons. The molecule has 9 nitrogen and oxygen atoms in total. The molecule has 9 heteroatoms. The van der Waals surface area contributed by atoms with Crippen molar-refractivity contribution in [1.82, 2.24) is 15.5 Å². The molecule has 2 aliphatic rings. The fourth-order valence-electron chi connectivity index (χ4n) is 4.49. The van der Waals surface area contributed by atoms with E-state index in [4.69, 9.17) is 13.6 Å². The fraction of sp³-hybridized carbons (Fsp3) is 0.542. The lowest BCUT2D eigenvalue weighted by atomic mass is 9.95. The number of hydrogen-bond acceptors (Lipinski definition) is 6. The summed E-state index contributed by atoms with van der Waals surface area (Å²) in [5.41, 5.74) is 0. The summed E-state index contributed by atoms with van der Waals surface area (Å²) in [4.78, 5) is 40.9. The first-order chi connectivity index (χ1) is 16.1. The monoisotopic (exact) mass is 457 g/mol. The van der Waals surface area contributed by atoms with Gasteiger partial charge in [0, 0.05) is 19.2 Å². The molecule has 0 bridgehead atoms. The molecule has 0 unspecified atom stereocenters. The maximum Gasteiger partial charge on any atom is 0.313 e. The normalized spacial score (nSPS) is 19.7. The first-order valence-corrected chi connectivity index (χ1v) is 11.7. The molecule has 3 amide bonds. The molecule has 0 aromatic carbocycles. The van der Waals surface area contributed by atoms with Crippen LogP contribution in [0.1, 0.15) is 62.5 Å². The third kappa shape index (κ3) is 6.04. The van der Waals surface area contributed by atoms with Crippen LogP contribution in [0.25, 0.3) is 0 Å². The van der Waals surface area contributed by atoms with Crippen LogP contribution in [-0.2, 0) is 25.7 Å². The Morgan fingerprint density at radius 2 is 1.79 bits per heavy atom. The maximum absolute atomic E-state index is 13.4. The van der Waals surface area contributed by atoms with Gasteiger partial charge in [-0.3, -0.25) is 14.4 Å². The van der Waals surface area contributed by atoms with Crippen molar-refractivity contribution < 1.29 is 28.0 Å². The van der Waals surface area contributed by atoms with Crippen molar-refractivity contribution in [1.29, 1.82) is 0 Å². The number of carbonyl (C=O) groups excluding carboxylic acids is 3. The number of nitrogens with zero attached hydrogens (tertiary/aromatic N) is 1. The van der Waals surface area contributed by atoms with E-state index in [1.54, 1.807) is 24.3 Å². The lowest BCUT2D eigenvalue weighted by molar-refractivity contribution is -0.152. The molecule has 0 spiro atoms. The van der Waals surface area contributed by atoms with E-state index in [1.807, 2.05) is 0 Å². The Morgan fingerprint density at radius 3 is 2.45 bits per heavy atom. The molecule has 4 rings (SSSR count). The average Bonchev–Trinajstić information content (AvgIpc) is 3.62. The Kier molecular flexibility index (Phi) is 7.83. The summed E-state index contributed by atoms with van der Waals surface area (Å²) in [6, 6.07) is 5.63. The van der Waals surface area contributed by atoms with Crippen molar-refractivity contribution in [3.05, 3.63) is 48.3 Å². The zero-order valence-corrected chi connectivity index (χ0v) is 18.7. The molecule has 2 N–H and O–H groups in total. The highest BCUT2D eigenvalue weighted by atomic mass is 16.5. The van der Waals surface area contributed by atoms with Gasteiger partial charge < -0.3 is 29.1 Å². The van der Waals surface area contributed by atoms with Gasteiger partial charge in [0.2, 0.25) is 0 Å². The van der Waals surface area contributed by atoms with Gasteiger partial charge in [0.15, 0.2) is 6.04 Å². The van der Waals surface area contributed by atoms with E-state index in [0.717, 1.165) is 44.9 Å².